The molecule has 0 aliphatic carbocycles. The van der Waals surface area contributed by atoms with Crippen LogP contribution < -0.4 is 11.0 Å². The largest absolute Gasteiger partial charge is 0.480 e. The SMILES string of the molecule is Cc1ccn(CC[C@H](NC(=O)OC(C)(C)C)C(=O)O)c(=O)n1. The van der Waals surface area contributed by atoms with Crippen molar-refractivity contribution in [2.24, 2.45) is 0 Å². The molecule has 0 radical (unpaired) electrons. The number of carboxylic acid groups (broad SMARTS) is 1. The topological polar surface area (TPSA) is 111 Å². The molecule has 0 aliphatic rings. The summed E-state index contributed by atoms with van der Waals surface area (Å²) >= 11 is 0. The average Bonchev–Trinajstić information content (AvgIpc) is 2.33. The molecule has 8 heteroatoms. The van der Waals surface area contributed by atoms with Crippen LogP contribution in [0.4, 0.5) is 4.79 Å². The van der Waals surface area contributed by atoms with Crippen molar-refractivity contribution < 1.29 is 19.4 Å². The lowest BCUT2D eigenvalue weighted by Gasteiger charge is -2.22. The molecule has 0 aliphatic heterocycles. The van der Waals surface area contributed by atoms with Gasteiger partial charge in [0.05, 0.1) is 0 Å². The maximum atomic E-state index is 11.6. The summed E-state index contributed by atoms with van der Waals surface area (Å²) in [6.07, 6.45) is 0.769. The molecule has 0 bridgehead atoms. The molecule has 0 unspecified atom stereocenters. The average molecular weight is 311 g/mol. The fraction of sp³-hybridized carbons (Fsp3) is 0.571. The highest BCUT2D eigenvalue weighted by Crippen LogP contribution is 2.07. The third-order valence-electron chi connectivity index (χ3n) is 2.66. The maximum Gasteiger partial charge on any atom is 0.408 e. The van der Waals surface area contributed by atoms with E-state index in [4.69, 9.17) is 9.84 Å². The number of aryl methyl sites for hydroxylation is 2. The van der Waals surface area contributed by atoms with Crippen LogP contribution in [-0.4, -0.2) is 38.4 Å². The highest BCUT2D eigenvalue weighted by Gasteiger charge is 2.23. The van der Waals surface area contributed by atoms with Gasteiger partial charge in [-0.05, 0) is 40.2 Å². The van der Waals surface area contributed by atoms with Crippen LogP contribution in [0.3, 0.4) is 0 Å². The molecule has 2 N–H and O–H groups in total. The van der Waals surface area contributed by atoms with E-state index in [0.717, 1.165) is 0 Å². The van der Waals surface area contributed by atoms with Crippen LogP contribution in [0.25, 0.3) is 0 Å². The normalized spacial score (nSPS) is 12.5. The minimum atomic E-state index is -1.20. The van der Waals surface area contributed by atoms with E-state index in [0.29, 0.717) is 5.69 Å². The first-order valence-electron chi connectivity index (χ1n) is 6.85. The Morgan fingerprint density at radius 1 is 1.45 bits per heavy atom. The fourth-order valence-electron chi connectivity index (χ4n) is 1.66. The lowest BCUT2D eigenvalue weighted by Crippen LogP contribution is -2.44. The van der Waals surface area contributed by atoms with Crippen LogP contribution >= 0.6 is 0 Å². The Bertz CT molecular complexity index is 603. The second-order valence-corrected chi connectivity index (χ2v) is 5.87. The number of rotatable bonds is 5. The second-order valence-electron chi connectivity index (χ2n) is 5.87. The van der Waals surface area contributed by atoms with Crippen LogP contribution in [0.15, 0.2) is 17.1 Å². The van der Waals surface area contributed by atoms with E-state index in [-0.39, 0.29) is 13.0 Å². The molecule has 1 heterocycles. The highest BCUT2D eigenvalue weighted by molar-refractivity contribution is 5.79. The van der Waals surface area contributed by atoms with Gasteiger partial charge in [-0.2, -0.15) is 4.98 Å². The second kappa shape index (κ2) is 7.06. The number of alkyl carbamates (subject to hydrolysis) is 1. The molecular formula is C14H21N3O5. The van der Waals surface area contributed by atoms with Crippen molar-refractivity contribution in [3.05, 3.63) is 28.4 Å². The summed E-state index contributed by atoms with van der Waals surface area (Å²) in [7, 11) is 0. The molecule has 0 saturated heterocycles. The van der Waals surface area contributed by atoms with Crippen LogP contribution in [0.1, 0.15) is 32.9 Å². The third-order valence-corrected chi connectivity index (χ3v) is 2.66. The number of ether oxygens (including phenoxy) is 1. The van der Waals surface area contributed by atoms with Crippen molar-refractivity contribution in [1.82, 2.24) is 14.9 Å². The van der Waals surface area contributed by atoms with E-state index < -0.39 is 29.4 Å². The summed E-state index contributed by atoms with van der Waals surface area (Å²) in [6.45, 7) is 6.86. The molecule has 1 aromatic rings. The molecule has 122 valence electrons. The lowest BCUT2D eigenvalue weighted by atomic mass is 10.2. The van der Waals surface area contributed by atoms with Gasteiger partial charge in [-0.1, -0.05) is 0 Å². The summed E-state index contributed by atoms with van der Waals surface area (Å²) < 4.78 is 6.31. The molecule has 1 atom stereocenters. The number of nitrogens with zero attached hydrogens (tertiary/aromatic N) is 2. The lowest BCUT2D eigenvalue weighted by molar-refractivity contribution is -0.139. The van der Waals surface area contributed by atoms with Crippen LogP contribution in [0.5, 0.6) is 0 Å². The van der Waals surface area contributed by atoms with Gasteiger partial charge in [0.25, 0.3) is 0 Å². The molecular weight excluding hydrogens is 290 g/mol. The number of hydrogen-bond donors (Lipinski definition) is 2. The molecule has 0 spiro atoms. The zero-order chi connectivity index (χ0) is 16.9. The van der Waals surface area contributed by atoms with Crippen LogP contribution in [-0.2, 0) is 16.1 Å². The van der Waals surface area contributed by atoms with Crippen molar-refractivity contribution in [2.45, 2.75) is 52.3 Å². The predicted molar refractivity (Wildman–Crippen MR) is 78.6 cm³/mol. The van der Waals surface area contributed by atoms with Gasteiger partial charge in [-0.15, -0.1) is 0 Å². The monoisotopic (exact) mass is 311 g/mol. The van der Waals surface area contributed by atoms with Crippen molar-refractivity contribution >= 4 is 12.1 Å². The Balaban J connectivity index is 2.67. The van der Waals surface area contributed by atoms with Crippen LogP contribution in [0, 0.1) is 6.92 Å². The summed E-state index contributed by atoms with van der Waals surface area (Å²) in [5.41, 5.74) is -0.588. The number of carbonyl (C=O) groups excluding carboxylic acids is 1. The Labute approximate surface area is 128 Å². The third kappa shape index (κ3) is 5.94. The van der Waals surface area contributed by atoms with E-state index in [1.54, 1.807) is 33.8 Å². The number of hydrogen-bond acceptors (Lipinski definition) is 5. The molecule has 22 heavy (non-hydrogen) atoms. The Morgan fingerprint density at radius 2 is 2.09 bits per heavy atom. The molecule has 0 fully saturated rings. The van der Waals surface area contributed by atoms with Gasteiger partial charge in [-0.25, -0.2) is 14.4 Å². The van der Waals surface area contributed by atoms with Crippen molar-refractivity contribution in [3.8, 4) is 0 Å². The van der Waals surface area contributed by atoms with Gasteiger partial charge in [0.1, 0.15) is 11.6 Å². The van der Waals surface area contributed by atoms with Gasteiger partial charge in [-0.3, -0.25) is 4.57 Å². The Morgan fingerprint density at radius 3 is 2.59 bits per heavy atom. The standard InChI is InChI=1S/C14H21N3O5/c1-9-5-7-17(12(20)15-9)8-6-10(11(18)19)16-13(21)22-14(2,3)4/h5,7,10H,6,8H2,1-4H3,(H,16,21)(H,18,19)/t10-/m0/s1. The smallest absolute Gasteiger partial charge is 0.408 e. The van der Waals surface area contributed by atoms with Gasteiger partial charge >= 0.3 is 17.8 Å². The van der Waals surface area contributed by atoms with Crippen molar-refractivity contribution in [1.29, 1.82) is 0 Å². The fourth-order valence-corrected chi connectivity index (χ4v) is 1.66. The molecule has 8 nitrogen and oxygen atoms in total. The molecule has 1 amide bonds. The van der Waals surface area contributed by atoms with Crippen LogP contribution in [0.2, 0.25) is 0 Å². The number of aromatic nitrogens is 2. The molecule has 0 saturated carbocycles. The van der Waals surface area contributed by atoms with Gasteiger partial charge in [0.2, 0.25) is 0 Å². The van der Waals surface area contributed by atoms with E-state index >= 15 is 0 Å². The van der Waals surface area contributed by atoms with Gasteiger partial charge in [0, 0.05) is 18.4 Å². The summed E-state index contributed by atoms with van der Waals surface area (Å²) in [6, 6.07) is 0.501. The molecule has 0 aromatic carbocycles. The van der Waals surface area contributed by atoms with Crippen molar-refractivity contribution in [3.63, 3.8) is 0 Å². The highest BCUT2D eigenvalue weighted by atomic mass is 16.6. The van der Waals surface area contributed by atoms with E-state index in [1.165, 1.54) is 10.8 Å². The first kappa shape index (κ1) is 17.7. The Hall–Kier alpha value is -2.38. The Kier molecular flexibility index (Phi) is 5.67. The minimum absolute atomic E-state index is 0.0409. The number of aliphatic carboxylic acids is 1. The number of carbonyl (C=O) groups is 2. The van der Waals surface area contributed by atoms with E-state index in [2.05, 4.69) is 10.3 Å². The van der Waals surface area contributed by atoms with E-state index in [1.807, 2.05) is 0 Å². The zero-order valence-corrected chi connectivity index (χ0v) is 13.1. The summed E-state index contributed by atoms with van der Waals surface area (Å²) in [5, 5.41) is 11.4. The zero-order valence-electron chi connectivity index (χ0n) is 13.1. The molecule has 1 rings (SSSR count). The predicted octanol–water partition coefficient (Wildman–Crippen LogP) is 0.920. The van der Waals surface area contributed by atoms with Gasteiger partial charge < -0.3 is 15.2 Å². The quantitative estimate of drug-likeness (QED) is 0.836. The summed E-state index contributed by atoms with van der Waals surface area (Å²) in [5.74, 6) is -1.20. The van der Waals surface area contributed by atoms with Crippen molar-refractivity contribution in [2.75, 3.05) is 0 Å². The number of nitrogens with one attached hydrogen (secondary N) is 1. The number of carboxylic acids is 1. The first-order valence-corrected chi connectivity index (χ1v) is 6.85. The first-order chi connectivity index (χ1) is 10.1. The van der Waals surface area contributed by atoms with Gasteiger partial charge in [0.15, 0.2) is 0 Å². The van der Waals surface area contributed by atoms with E-state index in [9.17, 15) is 14.4 Å². The summed E-state index contributed by atoms with van der Waals surface area (Å²) in [4.78, 5) is 38.2. The number of amides is 1. The maximum absolute atomic E-state index is 11.6. The minimum Gasteiger partial charge on any atom is -0.480 e. The molecule has 1 aromatic heterocycles.